The van der Waals surface area contributed by atoms with Crippen molar-refractivity contribution in [2.45, 2.75) is 148 Å². The van der Waals surface area contributed by atoms with Gasteiger partial charge in [-0.25, -0.2) is 0 Å². The highest BCUT2D eigenvalue weighted by Crippen LogP contribution is 2.54. The summed E-state index contributed by atoms with van der Waals surface area (Å²) in [6.45, 7) is 6.94. The molecule has 3 heteroatoms. The molecule has 2 fully saturated rings. The fraction of sp³-hybridized carbons (Fsp3) is 1.00. The van der Waals surface area contributed by atoms with Crippen LogP contribution in [-0.2, 0) is 9.47 Å². The Kier molecular flexibility index (Phi) is 17.7. The summed E-state index contributed by atoms with van der Waals surface area (Å²) in [7, 11) is 0. The zero-order chi connectivity index (χ0) is 24.3. The van der Waals surface area contributed by atoms with Gasteiger partial charge in [-0.05, 0) is 55.8 Å². The first-order valence-electron chi connectivity index (χ1n) is 15.6. The molecule has 3 nitrogen and oxygen atoms in total. The minimum absolute atomic E-state index is 0.414. The quantitative estimate of drug-likeness (QED) is 0.126. The van der Waals surface area contributed by atoms with Gasteiger partial charge >= 0.3 is 0 Å². The summed E-state index contributed by atoms with van der Waals surface area (Å²) in [4.78, 5) is 0. The van der Waals surface area contributed by atoms with E-state index in [1.54, 1.807) is 19.3 Å². The zero-order valence-corrected chi connectivity index (χ0v) is 23.1. The maximum Gasteiger partial charge on any atom is 0.101 e. The van der Waals surface area contributed by atoms with Gasteiger partial charge in [0.2, 0.25) is 0 Å². The summed E-state index contributed by atoms with van der Waals surface area (Å²) < 4.78 is 11.2. The largest absolute Gasteiger partial charge is 0.388 e. The van der Waals surface area contributed by atoms with Crippen LogP contribution in [0.15, 0.2) is 0 Å². The number of hydrogen-bond donors (Lipinski definition) is 1. The highest BCUT2D eigenvalue weighted by Gasteiger charge is 2.44. The second-order valence-corrected chi connectivity index (χ2v) is 11.7. The average Bonchev–Trinajstić information content (AvgIpc) is 3.75. The molecule has 0 radical (unpaired) electrons. The van der Waals surface area contributed by atoms with Crippen LogP contribution in [0.1, 0.15) is 142 Å². The van der Waals surface area contributed by atoms with E-state index in [0.717, 1.165) is 49.7 Å². The molecule has 5 unspecified atom stereocenters. The van der Waals surface area contributed by atoms with Gasteiger partial charge in [-0.3, -0.25) is 0 Å². The van der Waals surface area contributed by atoms with Crippen LogP contribution in [-0.4, -0.2) is 37.6 Å². The van der Waals surface area contributed by atoms with E-state index >= 15 is 0 Å². The first-order chi connectivity index (χ1) is 16.7. The van der Waals surface area contributed by atoms with E-state index in [1.807, 2.05) is 0 Å². The first kappa shape index (κ1) is 30.1. The Labute approximate surface area is 213 Å². The molecule has 0 aromatic carbocycles. The fourth-order valence-corrected chi connectivity index (χ4v) is 5.74. The van der Waals surface area contributed by atoms with Crippen LogP contribution in [0.4, 0.5) is 0 Å². The highest BCUT2D eigenvalue weighted by molar-refractivity contribution is 4.94. The van der Waals surface area contributed by atoms with Crippen LogP contribution in [0.5, 0.6) is 0 Å². The molecule has 0 aromatic heterocycles. The topological polar surface area (TPSA) is 38.7 Å². The molecule has 0 saturated heterocycles. The van der Waals surface area contributed by atoms with Crippen LogP contribution in [0.2, 0.25) is 0 Å². The van der Waals surface area contributed by atoms with Crippen molar-refractivity contribution in [1.82, 2.24) is 0 Å². The second-order valence-electron chi connectivity index (χ2n) is 11.7. The van der Waals surface area contributed by atoms with E-state index < -0.39 is 6.10 Å². The molecule has 2 rings (SSSR count). The molecule has 0 spiro atoms. The first-order valence-corrected chi connectivity index (χ1v) is 15.6. The van der Waals surface area contributed by atoms with Gasteiger partial charge in [0.1, 0.15) is 6.10 Å². The molecule has 34 heavy (non-hydrogen) atoms. The van der Waals surface area contributed by atoms with Crippen LogP contribution in [0.3, 0.4) is 0 Å². The summed E-state index contributed by atoms with van der Waals surface area (Å²) in [6, 6.07) is 0. The normalized spacial score (nSPS) is 24.4. The summed E-state index contributed by atoms with van der Waals surface area (Å²) in [5.74, 6) is 4.43. The van der Waals surface area contributed by atoms with Gasteiger partial charge in [0.05, 0.1) is 13.2 Å². The van der Waals surface area contributed by atoms with Crippen LogP contribution >= 0.6 is 0 Å². The Morgan fingerprint density at radius 2 is 0.971 bits per heavy atom. The molecular weight excluding hydrogens is 420 g/mol. The number of ether oxygens (including phenoxy) is 2. The van der Waals surface area contributed by atoms with Crippen molar-refractivity contribution < 1.29 is 14.6 Å². The van der Waals surface area contributed by atoms with E-state index in [4.69, 9.17) is 9.47 Å². The lowest BCUT2D eigenvalue weighted by Gasteiger charge is -2.12. The van der Waals surface area contributed by atoms with Gasteiger partial charge in [-0.15, -0.1) is 0 Å². The number of unbranched alkanes of at least 4 members (excludes halogenated alkanes) is 12. The smallest absolute Gasteiger partial charge is 0.101 e. The van der Waals surface area contributed by atoms with E-state index in [1.165, 1.54) is 96.3 Å². The summed E-state index contributed by atoms with van der Waals surface area (Å²) in [5, 5.41) is 9.95. The molecule has 0 aliphatic heterocycles. The van der Waals surface area contributed by atoms with Crippen molar-refractivity contribution in [2.75, 3.05) is 26.4 Å². The van der Waals surface area contributed by atoms with Crippen molar-refractivity contribution in [3.8, 4) is 0 Å². The van der Waals surface area contributed by atoms with Gasteiger partial charge in [0, 0.05) is 13.2 Å². The summed E-state index contributed by atoms with van der Waals surface area (Å²) >= 11 is 0. The van der Waals surface area contributed by atoms with Crippen molar-refractivity contribution in [3.63, 3.8) is 0 Å². The number of hydrogen-bond acceptors (Lipinski definition) is 3. The van der Waals surface area contributed by atoms with Crippen molar-refractivity contribution in [2.24, 2.45) is 23.7 Å². The van der Waals surface area contributed by atoms with Crippen LogP contribution in [0.25, 0.3) is 0 Å². The number of aliphatic hydroxyl groups excluding tert-OH is 1. The molecule has 1 N–H and O–H groups in total. The average molecular weight is 481 g/mol. The molecule has 0 heterocycles. The molecule has 2 aliphatic carbocycles. The monoisotopic (exact) mass is 480 g/mol. The predicted octanol–water partition coefficient (Wildman–Crippen LogP) is 8.71. The van der Waals surface area contributed by atoms with E-state index in [2.05, 4.69) is 13.8 Å². The van der Waals surface area contributed by atoms with Gasteiger partial charge < -0.3 is 14.6 Å². The van der Waals surface area contributed by atoms with E-state index in [0.29, 0.717) is 13.2 Å². The molecule has 0 aromatic rings. The third-order valence-electron chi connectivity index (χ3n) is 8.30. The fourth-order valence-electron chi connectivity index (χ4n) is 5.74. The molecule has 202 valence electrons. The van der Waals surface area contributed by atoms with Gasteiger partial charge in [0.25, 0.3) is 0 Å². The maximum absolute atomic E-state index is 9.95. The SMILES string of the molecule is CCCCCCCCOCC(O)COCCCCCCCCC1CC1CC1CC1CCCCC. The third kappa shape index (κ3) is 15.8. The van der Waals surface area contributed by atoms with Crippen molar-refractivity contribution in [1.29, 1.82) is 0 Å². The molecule has 2 saturated carbocycles. The summed E-state index contributed by atoms with van der Waals surface area (Å²) in [6.07, 6.45) is 27.1. The van der Waals surface area contributed by atoms with Gasteiger partial charge in [-0.2, -0.15) is 0 Å². The van der Waals surface area contributed by atoms with E-state index in [9.17, 15) is 5.11 Å². The van der Waals surface area contributed by atoms with Gasteiger partial charge in [0.15, 0.2) is 0 Å². The number of rotatable bonds is 26. The molecule has 0 amide bonds. The van der Waals surface area contributed by atoms with Crippen LogP contribution < -0.4 is 0 Å². The minimum Gasteiger partial charge on any atom is -0.388 e. The highest BCUT2D eigenvalue weighted by atomic mass is 16.5. The Hall–Kier alpha value is -0.120. The van der Waals surface area contributed by atoms with Crippen LogP contribution in [0, 0.1) is 23.7 Å². The third-order valence-corrected chi connectivity index (χ3v) is 8.30. The lowest BCUT2D eigenvalue weighted by atomic mass is 10.0. The molecule has 0 bridgehead atoms. The molecule has 5 atom stereocenters. The molecule has 2 aliphatic rings. The Balaban J connectivity index is 1.24. The Morgan fingerprint density at radius 3 is 1.50 bits per heavy atom. The standard InChI is InChI=1S/C31H60O3/c1-3-5-7-8-12-16-20-33-25-31(32)26-34-21-17-13-10-9-11-15-19-28-23-30(28)24-29-22-27(29)18-14-6-4-2/h27-32H,3-26H2,1-2H3. The lowest BCUT2D eigenvalue weighted by Crippen LogP contribution is -2.22. The second kappa shape index (κ2) is 20.0. The van der Waals surface area contributed by atoms with Crippen molar-refractivity contribution >= 4 is 0 Å². The Morgan fingerprint density at radius 1 is 0.559 bits per heavy atom. The Bertz CT molecular complexity index is 454. The zero-order valence-electron chi connectivity index (χ0n) is 23.1. The maximum atomic E-state index is 9.95. The number of aliphatic hydroxyl groups is 1. The van der Waals surface area contributed by atoms with E-state index in [-0.39, 0.29) is 0 Å². The van der Waals surface area contributed by atoms with Crippen molar-refractivity contribution in [3.05, 3.63) is 0 Å². The lowest BCUT2D eigenvalue weighted by molar-refractivity contribution is -0.0201. The minimum atomic E-state index is -0.474. The summed E-state index contributed by atoms with van der Waals surface area (Å²) in [5.41, 5.74) is 0. The predicted molar refractivity (Wildman–Crippen MR) is 145 cm³/mol. The molecular formula is C31H60O3. The van der Waals surface area contributed by atoms with Gasteiger partial charge in [-0.1, -0.05) is 110 Å².